The van der Waals surface area contributed by atoms with Gasteiger partial charge in [-0.1, -0.05) is 23.7 Å². The molecule has 108 valence electrons. The molecule has 1 aromatic heterocycles. The van der Waals surface area contributed by atoms with Crippen LogP contribution in [-0.4, -0.2) is 9.55 Å². The van der Waals surface area contributed by atoms with Gasteiger partial charge in [0.05, 0.1) is 17.1 Å². The molecule has 1 heterocycles. The summed E-state index contributed by atoms with van der Waals surface area (Å²) in [7, 11) is 0. The molecule has 0 spiro atoms. The minimum absolute atomic E-state index is 0.119. The zero-order valence-electron chi connectivity index (χ0n) is 11.8. The molecule has 1 atom stereocenters. The smallest absolute Gasteiger partial charge is 0.201 e. The first kappa shape index (κ1) is 13.9. The topological polar surface area (TPSA) is 43.8 Å². The third kappa shape index (κ3) is 2.36. The number of hydrogen-bond donors (Lipinski definition) is 1. The second-order valence-corrected chi connectivity index (χ2v) is 5.59. The van der Waals surface area contributed by atoms with E-state index in [2.05, 4.69) is 4.98 Å². The minimum Gasteiger partial charge on any atom is -0.369 e. The van der Waals surface area contributed by atoms with E-state index in [1.54, 1.807) is 31.2 Å². The Bertz CT molecular complexity index is 826. The fourth-order valence-electron chi connectivity index (χ4n) is 2.52. The molecule has 2 aromatic carbocycles. The number of aromatic nitrogens is 2. The van der Waals surface area contributed by atoms with Gasteiger partial charge in [0.1, 0.15) is 5.82 Å². The van der Waals surface area contributed by atoms with Crippen molar-refractivity contribution in [2.75, 3.05) is 5.73 Å². The van der Waals surface area contributed by atoms with E-state index in [0.29, 0.717) is 16.5 Å². The van der Waals surface area contributed by atoms with Crippen LogP contribution in [-0.2, 0) is 0 Å². The van der Waals surface area contributed by atoms with Gasteiger partial charge >= 0.3 is 0 Å². The molecule has 1 unspecified atom stereocenters. The van der Waals surface area contributed by atoms with Gasteiger partial charge in [-0.15, -0.1) is 0 Å². The molecule has 0 aliphatic heterocycles. The van der Waals surface area contributed by atoms with Gasteiger partial charge in [0.15, 0.2) is 0 Å². The molecule has 21 heavy (non-hydrogen) atoms. The predicted molar refractivity (Wildman–Crippen MR) is 84.1 cm³/mol. The van der Waals surface area contributed by atoms with Crippen LogP contribution in [0.15, 0.2) is 36.4 Å². The zero-order chi connectivity index (χ0) is 15.1. The molecular weight excluding hydrogens is 289 g/mol. The molecular formula is C16H15ClFN3. The van der Waals surface area contributed by atoms with E-state index in [1.807, 2.05) is 23.6 Å². The number of aryl methyl sites for hydroxylation is 1. The normalized spacial score (nSPS) is 12.8. The highest BCUT2D eigenvalue weighted by molar-refractivity contribution is 6.31. The first-order valence-corrected chi connectivity index (χ1v) is 7.04. The average molecular weight is 304 g/mol. The number of fused-ring (bicyclic) bond motifs is 1. The Labute approximate surface area is 127 Å². The Morgan fingerprint density at radius 2 is 2.00 bits per heavy atom. The molecule has 0 radical (unpaired) electrons. The maximum absolute atomic E-state index is 13.8. The second kappa shape index (κ2) is 5.04. The largest absolute Gasteiger partial charge is 0.369 e. The minimum atomic E-state index is -0.217. The number of nitrogens with two attached hydrogens (primary N) is 1. The molecule has 0 saturated carbocycles. The molecule has 0 aliphatic carbocycles. The summed E-state index contributed by atoms with van der Waals surface area (Å²) in [4.78, 5) is 4.32. The molecule has 0 saturated heterocycles. The fourth-order valence-corrected chi connectivity index (χ4v) is 2.68. The van der Waals surface area contributed by atoms with Crippen LogP contribution in [0, 0.1) is 12.7 Å². The summed E-state index contributed by atoms with van der Waals surface area (Å²) in [6.07, 6.45) is 0. The van der Waals surface area contributed by atoms with Crippen LogP contribution >= 0.6 is 11.6 Å². The van der Waals surface area contributed by atoms with Crippen molar-refractivity contribution in [1.29, 1.82) is 0 Å². The molecule has 3 rings (SSSR count). The number of hydrogen-bond acceptors (Lipinski definition) is 2. The lowest BCUT2D eigenvalue weighted by molar-refractivity contribution is 0.604. The third-order valence-corrected chi connectivity index (χ3v) is 3.98. The molecule has 0 fully saturated rings. The summed E-state index contributed by atoms with van der Waals surface area (Å²) < 4.78 is 15.7. The highest BCUT2D eigenvalue weighted by atomic mass is 35.5. The summed E-state index contributed by atoms with van der Waals surface area (Å²) in [5.74, 6) is 0.172. The van der Waals surface area contributed by atoms with Crippen molar-refractivity contribution in [3.05, 3.63) is 58.4 Å². The predicted octanol–water partition coefficient (Wildman–Crippen LogP) is 4.33. The lowest BCUT2D eigenvalue weighted by atomic mass is 10.1. The first-order valence-electron chi connectivity index (χ1n) is 6.66. The molecule has 3 nitrogen and oxygen atoms in total. The number of nitrogens with zero attached hydrogens (tertiary/aromatic N) is 2. The third-order valence-electron chi connectivity index (χ3n) is 3.74. The Hall–Kier alpha value is -2.07. The van der Waals surface area contributed by atoms with Gasteiger partial charge in [-0.25, -0.2) is 9.37 Å². The van der Waals surface area contributed by atoms with Gasteiger partial charge < -0.3 is 10.3 Å². The van der Waals surface area contributed by atoms with E-state index >= 15 is 0 Å². The molecule has 0 aliphatic rings. The summed E-state index contributed by atoms with van der Waals surface area (Å²) in [5.41, 5.74) is 9.11. The number of benzene rings is 2. The lowest BCUT2D eigenvalue weighted by Gasteiger charge is -2.17. The van der Waals surface area contributed by atoms with Crippen LogP contribution in [0.2, 0.25) is 5.02 Å². The molecule has 0 bridgehead atoms. The van der Waals surface area contributed by atoms with Crippen molar-refractivity contribution in [3.63, 3.8) is 0 Å². The van der Waals surface area contributed by atoms with Crippen molar-refractivity contribution in [2.45, 2.75) is 19.9 Å². The summed E-state index contributed by atoms with van der Waals surface area (Å²) >= 11 is 5.98. The van der Waals surface area contributed by atoms with Crippen molar-refractivity contribution in [1.82, 2.24) is 9.55 Å². The summed E-state index contributed by atoms with van der Waals surface area (Å²) in [6.45, 7) is 3.71. The van der Waals surface area contributed by atoms with Crippen molar-refractivity contribution < 1.29 is 4.39 Å². The Balaban J connectivity index is 2.14. The number of imidazole rings is 1. The van der Waals surface area contributed by atoms with Gasteiger partial charge in [0.2, 0.25) is 5.95 Å². The van der Waals surface area contributed by atoms with Gasteiger partial charge in [-0.2, -0.15) is 0 Å². The maximum Gasteiger partial charge on any atom is 0.201 e. The van der Waals surface area contributed by atoms with Gasteiger partial charge in [0, 0.05) is 5.02 Å². The highest BCUT2D eigenvalue weighted by Crippen LogP contribution is 2.29. The van der Waals surface area contributed by atoms with E-state index in [0.717, 1.165) is 16.6 Å². The number of rotatable bonds is 2. The number of nitrogen functional groups attached to an aromatic ring is 1. The fraction of sp³-hybridized carbons (Fsp3) is 0.188. The Morgan fingerprint density at radius 3 is 2.71 bits per heavy atom. The van der Waals surface area contributed by atoms with Crippen LogP contribution < -0.4 is 5.73 Å². The van der Waals surface area contributed by atoms with E-state index in [4.69, 9.17) is 17.3 Å². The summed E-state index contributed by atoms with van der Waals surface area (Å²) in [5, 5.41) is 0.612. The van der Waals surface area contributed by atoms with Gasteiger partial charge in [-0.3, -0.25) is 0 Å². The Kier molecular flexibility index (Phi) is 3.33. The zero-order valence-corrected chi connectivity index (χ0v) is 12.5. The first-order chi connectivity index (χ1) is 9.97. The second-order valence-electron chi connectivity index (χ2n) is 5.16. The van der Waals surface area contributed by atoms with Crippen LogP contribution in [0.5, 0.6) is 0 Å². The van der Waals surface area contributed by atoms with Gasteiger partial charge in [0.25, 0.3) is 0 Å². The SMILES string of the molecule is Cc1ccc(C(C)n2c(N)nc3cc(Cl)ccc32)cc1F. The number of anilines is 1. The van der Waals surface area contributed by atoms with Crippen LogP contribution in [0.25, 0.3) is 11.0 Å². The Morgan fingerprint density at radius 1 is 1.24 bits per heavy atom. The van der Waals surface area contributed by atoms with Crippen molar-refractivity contribution >= 4 is 28.6 Å². The van der Waals surface area contributed by atoms with Crippen molar-refractivity contribution in [3.8, 4) is 0 Å². The van der Waals surface area contributed by atoms with E-state index in [-0.39, 0.29) is 11.9 Å². The molecule has 2 N–H and O–H groups in total. The maximum atomic E-state index is 13.8. The van der Waals surface area contributed by atoms with E-state index < -0.39 is 0 Å². The van der Waals surface area contributed by atoms with E-state index in [1.165, 1.54) is 0 Å². The van der Waals surface area contributed by atoms with Crippen LogP contribution in [0.4, 0.5) is 10.3 Å². The van der Waals surface area contributed by atoms with Gasteiger partial charge in [-0.05, 0) is 49.2 Å². The summed E-state index contributed by atoms with van der Waals surface area (Å²) in [6, 6.07) is 10.5. The highest BCUT2D eigenvalue weighted by Gasteiger charge is 2.16. The van der Waals surface area contributed by atoms with Crippen LogP contribution in [0.1, 0.15) is 24.1 Å². The number of halogens is 2. The lowest BCUT2D eigenvalue weighted by Crippen LogP contribution is -2.10. The van der Waals surface area contributed by atoms with E-state index in [9.17, 15) is 4.39 Å². The standard InChI is InChI=1S/C16H15ClFN3/c1-9-3-4-11(7-13(9)18)10(2)21-15-6-5-12(17)8-14(15)20-16(21)19/h3-8,10H,1-2H3,(H2,19,20). The quantitative estimate of drug-likeness (QED) is 0.766. The van der Waals surface area contributed by atoms with Crippen molar-refractivity contribution in [2.24, 2.45) is 0 Å². The monoisotopic (exact) mass is 303 g/mol. The van der Waals surface area contributed by atoms with Crippen LogP contribution in [0.3, 0.4) is 0 Å². The average Bonchev–Trinajstić information content (AvgIpc) is 2.76. The molecule has 3 aromatic rings. The molecule has 5 heteroatoms. The molecule has 0 amide bonds.